The van der Waals surface area contributed by atoms with Crippen LogP contribution in [0.15, 0.2) is 77.3 Å². The number of esters is 1. The molecule has 0 spiro atoms. The van der Waals surface area contributed by atoms with E-state index in [0.717, 1.165) is 11.1 Å². The van der Waals surface area contributed by atoms with Gasteiger partial charge in [-0.2, -0.15) is 0 Å². The first kappa shape index (κ1) is 25.9. The number of hydrogen-bond donors (Lipinski definition) is 1. The third-order valence-corrected chi connectivity index (χ3v) is 7.38. The minimum Gasteiger partial charge on any atom is -0.469 e. The highest BCUT2D eigenvalue weighted by Gasteiger charge is 2.51. The lowest BCUT2D eigenvalue weighted by Gasteiger charge is -2.31. The van der Waals surface area contributed by atoms with Gasteiger partial charge in [-0.1, -0.05) is 65.7 Å². The molecule has 3 atom stereocenters. The largest absolute Gasteiger partial charge is 0.469 e. The smallest absolute Gasteiger partial charge is 0.311 e. The van der Waals surface area contributed by atoms with Crippen molar-refractivity contribution in [3.8, 4) is 0 Å². The number of amides is 2. The Hall–Kier alpha value is -3.16. The molecule has 3 aromatic carbocycles. The summed E-state index contributed by atoms with van der Waals surface area (Å²) < 4.78 is 5.69. The topological polar surface area (TPSA) is 75.7 Å². The molecule has 3 aromatic rings. The zero-order chi connectivity index (χ0) is 25.8. The van der Waals surface area contributed by atoms with Crippen LogP contribution in [-0.4, -0.2) is 35.8 Å². The standard InChI is InChI=1S/C28H26BrClN2O4/c1-17-7-9-18(10-8-17)16-31-26(33)24-15-22(28(35)36-2)25(19-11-13-20(30)14-12-19)32(24)27(34)21-5-3-4-6-23(21)29/h3-14,22,24-25H,15-16H2,1-2H3,(H,31,33). The zero-order valence-corrected chi connectivity index (χ0v) is 22.3. The molecule has 1 aliphatic rings. The van der Waals surface area contributed by atoms with Gasteiger partial charge in [-0.25, -0.2) is 0 Å². The third-order valence-electron chi connectivity index (χ3n) is 6.44. The van der Waals surface area contributed by atoms with Crippen LogP contribution in [0, 0.1) is 12.8 Å². The van der Waals surface area contributed by atoms with Crippen molar-refractivity contribution in [1.29, 1.82) is 0 Å². The molecular weight excluding hydrogens is 544 g/mol. The van der Waals surface area contributed by atoms with Crippen LogP contribution in [0.25, 0.3) is 0 Å². The highest BCUT2D eigenvalue weighted by atomic mass is 79.9. The van der Waals surface area contributed by atoms with Crippen LogP contribution in [0.1, 0.15) is 39.5 Å². The summed E-state index contributed by atoms with van der Waals surface area (Å²) in [6, 6.07) is 20.3. The van der Waals surface area contributed by atoms with Gasteiger partial charge in [-0.3, -0.25) is 14.4 Å². The number of benzene rings is 3. The summed E-state index contributed by atoms with van der Waals surface area (Å²) in [4.78, 5) is 41.9. The highest BCUT2D eigenvalue weighted by Crippen LogP contribution is 2.43. The Morgan fingerprint density at radius 3 is 2.33 bits per heavy atom. The lowest BCUT2D eigenvalue weighted by atomic mass is 9.93. The van der Waals surface area contributed by atoms with Gasteiger partial charge in [0.05, 0.1) is 24.6 Å². The Morgan fingerprint density at radius 1 is 1.03 bits per heavy atom. The number of rotatable bonds is 6. The monoisotopic (exact) mass is 568 g/mol. The Kier molecular flexibility index (Phi) is 8.11. The van der Waals surface area contributed by atoms with Gasteiger partial charge in [0.1, 0.15) is 6.04 Å². The highest BCUT2D eigenvalue weighted by molar-refractivity contribution is 9.10. The van der Waals surface area contributed by atoms with Gasteiger partial charge in [0.25, 0.3) is 5.91 Å². The molecule has 0 radical (unpaired) electrons. The molecule has 8 heteroatoms. The van der Waals surface area contributed by atoms with Gasteiger partial charge in [-0.05, 0) is 64.7 Å². The van der Waals surface area contributed by atoms with Crippen molar-refractivity contribution in [1.82, 2.24) is 10.2 Å². The Morgan fingerprint density at radius 2 is 1.69 bits per heavy atom. The van der Waals surface area contributed by atoms with Gasteiger partial charge in [0.2, 0.25) is 5.91 Å². The molecular formula is C28H26BrClN2O4. The second kappa shape index (κ2) is 11.3. The van der Waals surface area contributed by atoms with E-state index in [0.29, 0.717) is 27.2 Å². The zero-order valence-electron chi connectivity index (χ0n) is 19.9. The van der Waals surface area contributed by atoms with Crippen LogP contribution in [0.2, 0.25) is 5.02 Å². The van der Waals surface area contributed by atoms with E-state index in [2.05, 4.69) is 21.2 Å². The van der Waals surface area contributed by atoms with Gasteiger partial charge >= 0.3 is 5.97 Å². The number of aryl methyl sites for hydroxylation is 1. The molecule has 1 heterocycles. The van der Waals surface area contributed by atoms with Crippen molar-refractivity contribution in [2.24, 2.45) is 5.92 Å². The summed E-state index contributed by atoms with van der Waals surface area (Å²) in [6.45, 7) is 2.30. The molecule has 3 unspecified atom stereocenters. The molecule has 186 valence electrons. The summed E-state index contributed by atoms with van der Waals surface area (Å²) in [6.07, 6.45) is 0.135. The predicted molar refractivity (Wildman–Crippen MR) is 141 cm³/mol. The van der Waals surface area contributed by atoms with E-state index in [-0.39, 0.29) is 18.2 Å². The number of hydrogen-bond acceptors (Lipinski definition) is 4. The SMILES string of the molecule is COC(=O)C1CC(C(=O)NCc2ccc(C)cc2)N(C(=O)c2ccccc2Br)C1c1ccc(Cl)cc1. The fourth-order valence-corrected chi connectivity index (χ4v) is 5.17. The average molecular weight is 570 g/mol. The van der Waals surface area contributed by atoms with Crippen molar-refractivity contribution in [2.75, 3.05) is 7.11 Å². The van der Waals surface area contributed by atoms with Crippen LogP contribution in [0.3, 0.4) is 0 Å². The molecule has 1 fully saturated rings. The van der Waals surface area contributed by atoms with Crippen molar-refractivity contribution in [2.45, 2.75) is 32.0 Å². The van der Waals surface area contributed by atoms with Crippen LogP contribution in [0.5, 0.6) is 0 Å². The van der Waals surface area contributed by atoms with E-state index in [1.54, 1.807) is 42.5 Å². The Balaban J connectivity index is 1.73. The maximum atomic E-state index is 13.9. The molecule has 4 rings (SSSR count). The number of methoxy groups -OCH3 is 1. The predicted octanol–water partition coefficient (Wildman–Crippen LogP) is 5.47. The molecule has 1 aliphatic heterocycles. The Bertz CT molecular complexity index is 1260. The van der Waals surface area contributed by atoms with Gasteiger partial charge in [-0.15, -0.1) is 0 Å². The summed E-state index contributed by atoms with van der Waals surface area (Å²) >= 11 is 9.56. The molecule has 0 saturated carbocycles. The van der Waals surface area contributed by atoms with Crippen LogP contribution < -0.4 is 5.32 Å². The third kappa shape index (κ3) is 5.47. The quantitative estimate of drug-likeness (QED) is 0.400. The number of nitrogens with one attached hydrogen (secondary N) is 1. The molecule has 2 amide bonds. The maximum Gasteiger partial charge on any atom is 0.311 e. The lowest BCUT2D eigenvalue weighted by Crippen LogP contribution is -2.46. The van der Waals surface area contributed by atoms with Crippen molar-refractivity contribution >= 4 is 45.3 Å². The first-order chi connectivity index (χ1) is 17.3. The number of carbonyl (C=O) groups is 3. The van der Waals surface area contributed by atoms with Crippen LogP contribution >= 0.6 is 27.5 Å². The van der Waals surface area contributed by atoms with Crippen LogP contribution in [0.4, 0.5) is 0 Å². The van der Waals surface area contributed by atoms with E-state index in [9.17, 15) is 14.4 Å². The minimum absolute atomic E-state index is 0.135. The molecule has 36 heavy (non-hydrogen) atoms. The first-order valence-electron chi connectivity index (χ1n) is 11.5. The van der Waals surface area contributed by atoms with E-state index in [1.807, 2.05) is 37.3 Å². The molecule has 0 aliphatic carbocycles. The number of halogens is 2. The lowest BCUT2D eigenvalue weighted by molar-refractivity contribution is -0.146. The van der Waals surface area contributed by atoms with E-state index in [4.69, 9.17) is 16.3 Å². The molecule has 0 bridgehead atoms. The Labute approximate surface area is 223 Å². The normalized spacial score (nSPS) is 19.1. The fourth-order valence-electron chi connectivity index (χ4n) is 4.59. The summed E-state index contributed by atoms with van der Waals surface area (Å²) in [7, 11) is 1.31. The summed E-state index contributed by atoms with van der Waals surface area (Å²) in [5.41, 5.74) is 3.16. The number of carbonyl (C=O) groups excluding carboxylic acids is 3. The van der Waals surface area contributed by atoms with Gasteiger partial charge < -0.3 is 15.0 Å². The summed E-state index contributed by atoms with van der Waals surface area (Å²) in [5.74, 6) is -1.89. The van der Waals surface area contributed by atoms with E-state index >= 15 is 0 Å². The fraction of sp³-hybridized carbons (Fsp3) is 0.250. The maximum absolute atomic E-state index is 13.9. The number of nitrogens with zero attached hydrogens (tertiary/aromatic N) is 1. The number of likely N-dealkylation sites (tertiary alicyclic amines) is 1. The van der Waals surface area contributed by atoms with Crippen molar-refractivity contribution < 1.29 is 19.1 Å². The van der Waals surface area contributed by atoms with E-state index < -0.39 is 24.0 Å². The van der Waals surface area contributed by atoms with E-state index in [1.165, 1.54) is 12.0 Å². The van der Waals surface area contributed by atoms with Gasteiger partial charge in [0, 0.05) is 16.0 Å². The van der Waals surface area contributed by atoms with Gasteiger partial charge in [0.15, 0.2) is 0 Å². The number of ether oxygens (including phenoxy) is 1. The van der Waals surface area contributed by atoms with Crippen molar-refractivity contribution in [3.63, 3.8) is 0 Å². The van der Waals surface area contributed by atoms with Crippen LogP contribution in [-0.2, 0) is 20.9 Å². The molecule has 6 nitrogen and oxygen atoms in total. The second-order valence-electron chi connectivity index (χ2n) is 8.77. The molecule has 0 aromatic heterocycles. The summed E-state index contributed by atoms with van der Waals surface area (Å²) in [5, 5.41) is 3.48. The van der Waals surface area contributed by atoms with Crippen molar-refractivity contribution in [3.05, 3.63) is 105 Å². The average Bonchev–Trinajstić information content (AvgIpc) is 3.29. The molecule has 1 N–H and O–H groups in total. The molecule has 1 saturated heterocycles. The minimum atomic E-state index is -0.875. The first-order valence-corrected chi connectivity index (χ1v) is 12.7. The second-order valence-corrected chi connectivity index (χ2v) is 10.1.